The molecule has 0 heterocycles. The summed E-state index contributed by atoms with van der Waals surface area (Å²) in [6, 6.07) is 9.42. The zero-order valence-electron chi connectivity index (χ0n) is 12.2. The molecule has 4 heteroatoms. The molecule has 1 atom stereocenters. The fraction of sp³-hybridized carbons (Fsp3) is 0.562. The Bertz CT molecular complexity index is 442. The SMILES string of the molecule is CN(CC1CCCC1)CC(N)(C(N)=O)c1ccccc1. The Balaban J connectivity index is 2.07. The minimum Gasteiger partial charge on any atom is -0.368 e. The highest BCUT2D eigenvalue weighted by Gasteiger charge is 2.35. The second-order valence-corrected chi connectivity index (χ2v) is 6.05. The van der Waals surface area contributed by atoms with E-state index in [9.17, 15) is 4.79 Å². The summed E-state index contributed by atoms with van der Waals surface area (Å²) in [5.41, 5.74) is 11.6. The van der Waals surface area contributed by atoms with Gasteiger partial charge in [-0.15, -0.1) is 0 Å². The fourth-order valence-electron chi connectivity index (χ4n) is 3.17. The molecule has 20 heavy (non-hydrogen) atoms. The maximum absolute atomic E-state index is 11.9. The average molecular weight is 275 g/mol. The van der Waals surface area contributed by atoms with E-state index in [1.807, 2.05) is 37.4 Å². The van der Waals surface area contributed by atoms with Gasteiger partial charge in [0.15, 0.2) is 0 Å². The summed E-state index contributed by atoms with van der Waals surface area (Å²) in [5, 5.41) is 0. The van der Waals surface area contributed by atoms with Crippen LogP contribution in [-0.2, 0) is 10.3 Å². The number of carbonyl (C=O) groups excluding carboxylic acids is 1. The summed E-state index contributed by atoms with van der Waals surface area (Å²) in [5.74, 6) is 0.259. The highest BCUT2D eigenvalue weighted by molar-refractivity contribution is 5.86. The molecule has 2 rings (SSSR count). The lowest BCUT2D eigenvalue weighted by Gasteiger charge is -2.32. The third kappa shape index (κ3) is 3.38. The van der Waals surface area contributed by atoms with Crippen molar-refractivity contribution >= 4 is 5.91 Å². The standard InChI is InChI=1S/C16H25N3O/c1-19(11-13-7-5-6-8-13)12-16(18,15(17)20)14-9-3-2-4-10-14/h2-4,9-10,13H,5-8,11-12,18H2,1H3,(H2,17,20). The van der Waals surface area contributed by atoms with Crippen LogP contribution in [-0.4, -0.2) is 30.9 Å². The van der Waals surface area contributed by atoms with E-state index in [1.54, 1.807) is 0 Å². The van der Waals surface area contributed by atoms with E-state index in [2.05, 4.69) is 4.90 Å². The number of primary amides is 1. The number of nitrogens with zero attached hydrogens (tertiary/aromatic N) is 1. The lowest BCUT2D eigenvalue weighted by Crippen LogP contribution is -2.56. The predicted molar refractivity (Wildman–Crippen MR) is 81.0 cm³/mol. The van der Waals surface area contributed by atoms with E-state index < -0.39 is 11.4 Å². The normalized spacial score (nSPS) is 19.1. The van der Waals surface area contributed by atoms with Gasteiger partial charge >= 0.3 is 0 Å². The van der Waals surface area contributed by atoms with E-state index in [4.69, 9.17) is 11.5 Å². The predicted octanol–water partition coefficient (Wildman–Crippen LogP) is 1.45. The Hall–Kier alpha value is -1.39. The number of hydrogen-bond donors (Lipinski definition) is 2. The molecular formula is C16H25N3O. The third-order valence-corrected chi connectivity index (χ3v) is 4.29. The first-order chi connectivity index (χ1) is 9.52. The van der Waals surface area contributed by atoms with Crippen LogP contribution < -0.4 is 11.5 Å². The first-order valence-electron chi connectivity index (χ1n) is 7.35. The van der Waals surface area contributed by atoms with Crippen LogP contribution in [0.5, 0.6) is 0 Å². The van der Waals surface area contributed by atoms with Crippen molar-refractivity contribution < 1.29 is 4.79 Å². The number of benzene rings is 1. The van der Waals surface area contributed by atoms with Crippen molar-refractivity contribution in [3.05, 3.63) is 35.9 Å². The van der Waals surface area contributed by atoms with Gasteiger partial charge in [-0.05, 0) is 31.4 Å². The topological polar surface area (TPSA) is 72.3 Å². The second-order valence-electron chi connectivity index (χ2n) is 6.05. The van der Waals surface area contributed by atoms with Gasteiger partial charge < -0.3 is 16.4 Å². The van der Waals surface area contributed by atoms with Crippen molar-refractivity contribution in [3.8, 4) is 0 Å². The van der Waals surface area contributed by atoms with Crippen LogP contribution in [0.1, 0.15) is 31.2 Å². The molecule has 1 amide bonds. The van der Waals surface area contributed by atoms with Crippen molar-refractivity contribution in [2.24, 2.45) is 17.4 Å². The highest BCUT2D eigenvalue weighted by atomic mass is 16.1. The van der Waals surface area contributed by atoms with Gasteiger partial charge in [-0.3, -0.25) is 4.79 Å². The first kappa shape index (κ1) is 15.0. The van der Waals surface area contributed by atoms with Gasteiger partial charge in [0.05, 0.1) is 0 Å². The molecule has 1 saturated carbocycles. The molecule has 1 aliphatic rings. The Morgan fingerprint density at radius 3 is 2.45 bits per heavy atom. The van der Waals surface area contributed by atoms with Crippen LogP contribution in [0.3, 0.4) is 0 Å². The van der Waals surface area contributed by atoms with Crippen LogP contribution in [0.15, 0.2) is 30.3 Å². The maximum atomic E-state index is 11.9. The number of hydrogen-bond acceptors (Lipinski definition) is 3. The molecule has 0 spiro atoms. The third-order valence-electron chi connectivity index (χ3n) is 4.29. The second kappa shape index (κ2) is 6.37. The summed E-state index contributed by atoms with van der Waals surface area (Å²) in [6.45, 7) is 1.45. The molecule has 110 valence electrons. The van der Waals surface area contributed by atoms with Gasteiger partial charge in [-0.2, -0.15) is 0 Å². The molecule has 1 aliphatic carbocycles. The highest BCUT2D eigenvalue weighted by Crippen LogP contribution is 2.26. The molecule has 0 bridgehead atoms. The lowest BCUT2D eigenvalue weighted by atomic mass is 9.89. The van der Waals surface area contributed by atoms with E-state index in [0.717, 1.165) is 18.0 Å². The quantitative estimate of drug-likeness (QED) is 0.825. The van der Waals surface area contributed by atoms with E-state index in [1.165, 1.54) is 25.7 Å². The van der Waals surface area contributed by atoms with E-state index >= 15 is 0 Å². The Labute approximate surface area is 121 Å². The van der Waals surface area contributed by atoms with Gasteiger partial charge in [-0.25, -0.2) is 0 Å². The zero-order valence-corrected chi connectivity index (χ0v) is 12.2. The van der Waals surface area contributed by atoms with Crippen molar-refractivity contribution in [1.29, 1.82) is 0 Å². The summed E-state index contributed by atoms with van der Waals surface area (Å²) < 4.78 is 0. The Morgan fingerprint density at radius 2 is 1.90 bits per heavy atom. The minimum atomic E-state index is -1.12. The van der Waals surface area contributed by atoms with Crippen LogP contribution in [0.25, 0.3) is 0 Å². The molecule has 4 nitrogen and oxygen atoms in total. The van der Waals surface area contributed by atoms with Crippen LogP contribution in [0.4, 0.5) is 0 Å². The monoisotopic (exact) mass is 275 g/mol. The van der Waals surface area contributed by atoms with Gasteiger partial charge in [-0.1, -0.05) is 43.2 Å². The van der Waals surface area contributed by atoms with E-state index in [0.29, 0.717) is 6.54 Å². The smallest absolute Gasteiger partial charge is 0.243 e. The summed E-state index contributed by atoms with van der Waals surface area (Å²) >= 11 is 0. The maximum Gasteiger partial charge on any atom is 0.243 e. The van der Waals surface area contributed by atoms with Crippen molar-refractivity contribution in [2.45, 2.75) is 31.2 Å². The molecule has 1 aromatic rings. The fourth-order valence-corrected chi connectivity index (χ4v) is 3.17. The summed E-state index contributed by atoms with van der Waals surface area (Å²) in [4.78, 5) is 14.0. The van der Waals surface area contributed by atoms with Crippen LogP contribution >= 0.6 is 0 Å². The Morgan fingerprint density at radius 1 is 1.30 bits per heavy atom. The number of amides is 1. The summed E-state index contributed by atoms with van der Waals surface area (Å²) in [6.07, 6.45) is 5.20. The molecule has 0 aliphatic heterocycles. The molecule has 4 N–H and O–H groups in total. The van der Waals surface area contributed by atoms with Gasteiger partial charge in [0.2, 0.25) is 5.91 Å². The van der Waals surface area contributed by atoms with Crippen LogP contribution in [0, 0.1) is 5.92 Å². The largest absolute Gasteiger partial charge is 0.368 e. The molecule has 0 aromatic heterocycles. The Kier molecular flexibility index (Phi) is 4.78. The van der Waals surface area contributed by atoms with Gasteiger partial charge in [0.25, 0.3) is 0 Å². The van der Waals surface area contributed by atoms with Gasteiger partial charge in [0.1, 0.15) is 5.54 Å². The average Bonchev–Trinajstić information content (AvgIpc) is 2.92. The lowest BCUT2D eigenvalue weighted by molar-refractivity contribution is -0.124. The number of likely N-dealkylation sites (N-methyl/N-ethyl adjacent to an activating group) is 1. The molecule has 1 aromatic carbocycles. The van der Waals surface area contributed by atoms with Crippen LogP contribution in [0.2, 0.25) is 0 Å². The molecule has 0 radical (unpaired) electrons. The summed E-state index contributed by atoms with van der Waals surface area (Å²) in [7, 11) is 2.02. The number of rotatable bonds is 6. The molecule has 1 fully saturated rings. The molecule has 0 saturated heterocycles. The molecular weight excluding hydrogens is 250 g/mol. The number of nitrogens with two attached hydrogens (primary N) is 2. The first-order valence-corrected chi connectivity index (χ1v) is 7.35. The van der Waals surface area contributed by atoms with Crippen molar-refractivity contribution in [1.82, 2.24) is 4.90 Å². The van der Waals surface area contributed by atoms with E-state index in [-0.39, 0.29) is 0 Å². The molecule has 1 unspecified atom stereocenters. The van der Waals surface area contributed by atoms with Crippen molar-refractivity contribution in [2.75, 3.05) is 20.1 Å². The minimum absolute atomic E-state index is 0.461. The number of carbonyl (C=O) groups is 1. The zero-order chi connectivity index (χ0) is 14.6. The van der Waals surface area contributed by atoms with Crippen molar-refractivity contribution in [3.63, 3.8) is 0 Å². The van der Waals surface area contributed by atoms with Gasteiger partial charge in [0, 0.05) is 13.1 Å².